The molecule has 1 saturated heterocycles. The van der Waals surface area contributed by atoms with Gasteiger partial charge in [0.25, 0.3) is 0 Å². The molecule has 0 saturated carbocycles. The monoisotopic (exact) mass is 266 g/mol. The summed E-state index contributed by atoms with van der Waals surface area (Å²) in [5.41, 5.74) is 0.813. The molecule has 1 aromatic rings. The number of thiophene rings is 1. The first-order chi connectivity index (χ1) is 8.39. The number of piperazine rings is 1. The van der Waals surface area contributed by atoms with Crippen molar-refractivity contribution in [3.63, 3.8) is 0 Å². The topological polar surface area (TPSA) is 49.4 Å². The fourth-order valence-electron chi connectivity index (χ4n) is 2.27. The Morgan fingerprint density at radius 1 is 1.44 bits per heavy atom. The molecule has 1 aliphatic rings. The summed E-state index contributed by atoms with van der Waals surface area (Å²) in [6.07, 6.45) is 0. The van der Waals surface area contributed by atoms with Crippen LogP contribution in [-0.2, 0) is 16.1 Å². The maximum atomic E-state index is 12.0. The molecule has 0 bridgehead atoms. The smallest absolute Gasteiger partial charge is 0.243 e. The van der Waals surface area contributed by atoms with Crippen molar-refractivity contribution in [2.24, 2.45) is 5.41 Å². The van der Waals surface area contributed by atoms with E-state index >= 15 is 0 Å². The van der Waals surface area contributed by atoms with E-state index in [4.69, 9.17) is 0 Å². The van der Waals surface area contributed by atoms with Crippen LogP contribution in [-0.4, -0.2) is 29.3 Å². The van der Waals surface area contributed by atoms with Crippen LogP contribution in [0.4, 0.5) is 0 Å². The molecular formula is C13H18N2O2S. The van der Waals surface area contributed by atoms with E-state index in [1.807, 2.05) is 37.6 Å². The highest BCUT2D eigenvalue weighted by Crippen LogP contribution is 2.28. The molecule has 1 aliphatic heterocycles. The van der Waals surface area contributed by atoms with Crippen molar-refractivity contribution >= 4 is 23.2 Å². The van der Waals surface area contributed by atoms with E-state index in [0.29, 0.717) is 6.54 Å². The van der Waals surface area contributed by atoms with E-state index in [1.54, 1.807) is 16.2 Å². The Kier molecular flexibility index (Phi) is 3.43. The van der Waals surface area contributed by atoms with Crippen LogP contribution in [0.1, 0.15) is 26.3 Å². The van der Waals surface area contributed by atoms with E-state index in [-0.39, 0.29) is 23.8 Å². The molecule has 4 nitrogen and oxygen atoms in total. The summed E-state index contributed by atoms with van der Waals surface area (Å²) in [6.45, 7) is 6.57. The van der Waals surface area contributed by atoms with Crippen molar-refractivity contribution < 1.29 is 9.59 Å². The second kappa shape index (κ2) is 4.72. The minimum Gasteiger partial charge on any atom is -0.345 e. The predicted octanol–water partition coefficient (Wildman–Crippen LogP) is 1.62. The van der Waals surface area contributed by atoms with Gasteiger partial charge in [0.1, 0.15) is 6.04 Å². The highest BCUT2D eigenvalue weighted by atomic mass is 32.1. The molecule has 1 atom stereocenters. The zero-order chi connectivity index (χ0) is 13.3. The Hall–Kier alpha value is -1.36. The van der Waals surface area contributed by atoms with Gasteiger partial charge in [0, 0.05) is 6.54 Å². The minimum atomic E-state index is -0.404. The van der Waals surface area contributed by atoms with Gasteiger partial charge >= 0.3 is 0 Å². The molecule has 2 rings (SSSR count). The molecule has 0 radical (unpaired) electrons. The maximum absolute atomic E-state index is 12.0. The molecule has 18 heavy (non-hydrogen) atoms. The summed E-state index contributed by atoms with van der Waals surface area (Å²) in [5, 5.41) is 6.67. The number of carbonyl (C=O) groups excluding carboxylic acids is 2. The van der Waals surface area contributed by atoms with E-state index in [0.717, 1.165) is 5.56 Å². The summed E-state index contributed by atoms with van der Waals surface area (Å²) in [5.74, 6) is -0.0712. The van der Waals surface area contributed by atoms with Gasteiger partial charge in [-0.1, -0.05) is 20.8 Å². The van der Waals surface area contributed by atoms with E-state index in [9.17, 15) is 9.59 Å². The van der Waals surface area contributed by atoms with Crippen LogP contribution in [0.15, 0.2) is 16.8 Å². The third-order valence-corrected chi connectivity index (χ3v) is 3.78. The maximum Gasteiger partial charge on any atom is 0.243 e. The van der Waals surface area contributed by atoms with Gasteiger partial charge in [0.05, 0.1) is 6.54 Å². The largest absolute Gasteiger partial charge is 0.345 e. The SMILES string of the molecule is CC(C)(C)C1C(=O)NCC(=O)N1Cc1ccsc1. The Balaban J connectivity index is 2.26. The molecule has 0 aromatic carbocycles. The fourth-order valence-corrected chi connectivity index (χ4v) is 2.93. The van der Waals surface area contributed by atoms with E-state index < -0.39 is 6.04 Å². The van der Waals surface area contributed by atoms with Gasteiger partial charge in [-0.15, -0.1) is 0 Å². The van der Waals surface area contributed by atoms with Crippen LogP contribution in [0.25, 0.3) is 0 Å². The lowest BCUT2D eigenvalue weighted by atomic mass is 9.83. The zero-order valence-electron chi connectivity index (χ0n) is 10.9. The lowest BCUT2D eigenvalue weighted by Crippen LogP contribution is -2.62. The molecule has 1 aromatic heterocycles. The van der Waals surface area contributed by atoms with Crippen LogP contribution in [0.2, 0.25) is 0 Å². The minimum absolute atomic E-state index is 0.0132. The summed E-state index contributed by atoms with van der Waals surface area (Å²) in [6, 6.07) is 1.59. The van der Waals surface area contributed by atoms with E-state index in [1.165, 1.54) is 0 Å². The first-order valence-corrected chi connectivity index (χ1v) is 6.92. The molecule has 98 valence electrons. The number of amides is 2. The average Bonchev–Trinajstić information content (AvgIpc) is 2.74. The van der Waals surface area contributed by atoms with Crippen molar-refractivity contribution in [3.05, 3.63) is 22.4 Å². The number of nitrogens with zero attached hydrogens (tertiary/aromatic N) is 1. The third-order valence-electron chi connectivity index (χ3n) is 3.05. The number of rotatable bonds is 2. The van der Waals surface area contributed by atoms with Gasteiger partial charge in [0.2, 0.25) is 11.8 Å². The average molecular weight is 266 g/mol. The molecule has 1 fully saturated rings. The van der Waals surface area contributed by atoms with Crippen molar-refractivity contribution in [2.75, 3.05) is 6.54 Å². The Labute approximate surface area is 111 Å². The van der Waals surface area contributed by atoms with Crippen molar-refractivity contribution in [1.82, 2.24) is 10.2 Å². The van der Waals surface area contributed by atoms with E-state index in [2.05, 4.69) is 5.32 Å². The van der Waals surface area contributed by atoms with Crippen molar-refractivity contribution in [1.29, 1.82) is 0 Å². The summed E-state index contributed by atoms with van der Waals surface area (Å²) in [4.78, 5) is 25.8. The van der Waals surface area contributed by atoms with Crippen LogP contribution >= 0.6 is 11.3 Å². The quantitative estimate of drug-likeness (QED) is 0.884. The standard InChI is InChI=1S/C13H18N2O2S/c1-13(2,3)11-12(17)14-6-10(16)15(11)7-9-4-5-18-8-9/h4-5,8,11H,6-7H2,1-3H3,(H,14,17). The van der Waals surface area contributed by atoms with Gasteiger partial charge in [-0.05, 0) is 27.8 Å². The van der Waals surface area contributed by atoms with Gasteiger partial charge in [-0.25, -0.2) is 0 Å². The molecular weight excluding hydrogens is 248 g/mol. The molecule has 5 heteroatoms. The third kappa shape index (κ3) is 2.56. The normalized spacial score (nSPS) is 21.1. The second-order valence-corrected chi connectivity index (χ2v) is 6.42. The zero-order valence-corrected chi connectivity index (χ0v) is 11.7. The summed E-state index contributed by atoms with van der Waals surface area (Å²) < 4.78 is 0. The Bertz CT molecular complexity index is 448. The summed E-state index contributed by atoms with van der Waals surface area (Å²) in [7, 11) is 0. The molecule has 2 heterocycles. The number of hydrogen-bond acceptors (Lipinski definition) is 3. The highest BCUT2D eigenvalue weighted by molar-refractivity contribution is 7.07. The first kappa shape index (κ1) is 13.1. The van der Waals surface area contributed by atoms with Crippen LogP contribution in [0, 0.1) is 5.41 Å². The first-order valence-electron chi connectivity index (χ1n) is 5.98. The van der Waals surface area contributed by atoms with Gasteiger partial charge in [-0.2, -0.15) is 11.3 Å². The van der Waals surface area contributed by atoms with Crippen LogP contribution in [0.3, 0.4) is 0 Å². The van der Waals surface area contributed by atoms with Crippen molar-refractivity contribution in [2.45, 2.75) is 33.4 Å². The molecule has 0 spiro atoms. The van der Waals surface area contributed by atoms with Crippen LogP contribution < -0.4 is 5.32 Å². The number of nitrogens with one attached hydrogen (secondary N) is 1. The Morgan fingerprint density at radius 3 is 2.72 bits per heavy atom. The predicted molar refractivity (Wildman–Crippen MR) is 71.1 cm³/mol. The highest BCUT2D eigenvalue weighted by Gasteiger charge is 2.41. The molecule has 0 aliphatic carbocycles. The van der Waals surface area contributed by atoms with Gasteiger partial charge < -0.3 is 10.2 Å². The fraction of sp³-hybridized carbons (Fsp3) is 0.538. The molecule has 2 amide bonds. The van der Waals surface area contributed by atoms with Crippen LogP contribution in [0.5, 0.6) is 0 Å². The number of hydrogen-bond donors (Lipinski definition) is 1. The van der Waals surface area contributed by atoms with Gasteiger partial charge in [-0.3, -0.25) is 9.59 Å². The van der Waals surface area contributed by atoms with Crippen molar-refractivity contribution in [3.8, 4) is 0 Å². The second-order valence-electron chi connectivity index (χ2n) is 5.64. The summed E-state index contributed by atoms with van der Waals surface area (Å²) >= 11 is 1.60. The lowest BCUT2D eigenvalue weighted by molar-refractivity contribution is -0.150. The van der Waals surface area contributed by atoms with Gasteiger partial charge in [0.15, 0.2) is 0 Å². The Morgan fingerprint density at radius 2 is 2.17 bits per heavy atom. The molecule has 1 N–H and O–H groups in total. The molecule has 1 unspecified atom stereocenters. The lowest BCUT2D eigenvalue weighted by Gasteiger charge is -2.41. The number of carbonyl (C=O) groups is 2.